The van der Waals surface area contributed by atoms with E-state index < -0.39 is 5.97 Å². The molecule has 0 saturated heterocycles. The van der Waals surface area contributed by atoms with Crippen LogP contribution in [0, 0.1) is 11.3 Å². The van der Waals surface area contributed by atoms with Crippen molar-refractivity contribution in [1.82, 2.24) is 14.6 Å². The van der Waals surface area contributed by atoms with E-state index in [-0.39, 0.29) is 11.3 Å². The van der Waals surface area contributed by atoms with E-state index in [1.165, 1.54) is 23.0 Å². The number of carboxylic acids is 1. The molecular formula is C14H8N4O3. The van der Waals surface area contributed by atoms with Gasteiger partial charge in [0.25, 0.3) is 0 Å². The number of hydrogen-bond acceptors (Lipinski definition) is 5. The monoisotopic (exact) mass is 280 g/mol. The summed E-state index contributed by atoms with van der Waals surface area (Å²) in [5, 5.41) is 31.8. The van der Waals surface area contributed by atoms with Crippen molar-refractivity contribution in [2.24, 2.45) is 0 Å². The van der Waals surface area contributed by atoms with Gasteiger partial charge in [0.05, 0.1) is 17.3 Å². The summed E-state index contributed by atoms with van der Waals surface area (Å²) >= 11 is 0. The van der Waals surface area contributed by atoms with Gasteiger partial charge in [-0.15, -0.1) is 0 Å². The van der Waals surface area contributed by atoms with E-state index >= 15 is 0 Å². The molecule has 0 bridgehead atoms. The van der Waals surface area contributed by atoms with Crippen LogP contribution >= 0.6 is 0 Å². The summed E-state index contributed by atoms with van der Waals surface area (Å²) in [5.74, 6) is -1.56. The van der Waals surface area contributed by atoms with Gasteiger partial charge >= 0.3 is 5.97 Å². The van der Waals surface area contributed by atoms with Gasteiger partial charge in [-0.3, -0.25) is 0 Å². The molecule has 3 aromatic rings. The van der Waals surface area contributed by atoms with Gasteiger partial charge in [0.15, 0.2) is 5.65 Å². The Balaban J connectivity index is 2.25. The highest BCUT2D eigenvalue weighted by Crippen LogP contribution is 2.27. The average Bonchev–Trinajstić information content (AvgIpc) is 2.93. The molecular weight excluding hydrogens is 272 g/mol. The second kappa shape index (κ2) is 4.61. The van der Waals surface area contributed by atoms with Crippen LogP contribution in [0.5, 0.6) is 5.75 Å². The maximum atomic E-state index is 10.9. The first kappa shape index (κ1) is 12.6. The zero-order valence-corrected chi connectivity index (χ0v) is 10.6. The molecule has 0 spiro atoms. The molecule has 0 aliphatic rings. The van der Waals surface area contributed by atoms with Gasteiger partial charge in [-0.1, -0.05) is 6.07 Å². The summed E-state index contributed by atoms with van der Waals surface area (Å²) in [4.78, 5) is 14.9. The van der Waals surface area contributed by atoms with Crippen molar-refractivity contribution in [2.75, 3.05) is 0 Å². The molecule has 0 radical (unpaired) electrons. The first-order valence-corrected chi connectivity index (χ1v) is 5.90. The first-order valence-electron chi connectivity index (χ1n) is 5.90. The summed E-state index contributed by atoms with van der Waals surface area (Å²) in [6, 6.07) is 9.37. The molecule has 0 aliphatic carbocycles. The molecule has 102 valence electrons. The van der Waals surface area contributed by atoms with Gasteiger partial charge in [-0.05, 0) is 18.2 Å². The quantitative estimate of drug-likeness (QED) is 0.738. The van der Waals surface area contributed by atoms with Crippen molar-refractivity contribution in [3.8, 4) is 23.1 Å². The van der Waals surface area contributed by atoms with Gasteiger partial charge < -0.3 is 10.2 Å². The fraction of sp³-hybridized carbons (Fsp3) is 0. The van der Waals surface area contributed by atoms with Crippen molar-refractivity contribution < 1.29 is 15.0 Å². The lowest BCUT2D eigenvalue weighted by Crippen LogP contribution is -1.99. The Hall–Kier alpha value is -3.40. The van der Waals surface area contributed by atoms with Crippen LogP contribution in [0.2, 0.25) is 0 Å². The molecule has 2 aromatic heterocycles. The smallest absolute Gasteiger partial charge is 0.339 e. The molecule has 7 heteroatoms. The fourth-order valence-electron chi connectivity index (χ4n) is 2.07. The number of phenols is 1. The largest absolute Gasteiger partial charge is 0.507 e. The number of nitriles is 1. The SMILES string of the molecule is N#Cc1cc(-c2ccc(C(=O)O)c(O)c2)n2ncnc2c1. The van der Waals surface area contributed by atoms with Crippen molar-refractivity contribution >= 4 is 11.6 Å². The lowest BCUT2D eigenvalue weighted by atomic mass is 10.1. The van der Waals surface area contributed by atoms with E-state index in [0.717, 1.165) is 0 Å². The Bertz CT molecular complexity index is 908. The van der Waals surface area contributed by atoms with Gasteiger partial charge in [0.2, 0.25) is 0 Å². The zero-order valence-electron chi connectivity index (χ0n) is 10.6. The normalized spacial score (nSPS) is 10.4. The molecule has 21 heavy (non-hydrogen) atoms. The predicted octanol–water partition coefficient (Wildman–Crippen LogP) is 1.67. The lowest BCUT2D eigenvalue weighted by Gasteiger charge is -2.07. The molecule has 7 nitrogen and oxygen atoms in total. The maximum Gasteiger partial charge on any atom is 0.339 e. The van der Waals surface area contributed by atoms with Gasteiger partial charge in [0, 0.05) is 11.6 Å². The molecule has 0 fully saturated rings. The highest BCUT2D eigenvalue weighted by Gasteiger charge is 2.13. The van der Waals surface area contributed by atoms with Crippen molar-refractivity contribution in [3.05, 3.63) is 47.8 Å². The second-order valence-electron chi connectivity index (χ2n) is 4.31. The van der Waals surface area contributed by atoms with Crippen LogP contribution in [0.3, 0.4) is 0 Å². The highest BCUT2D eigenvalue weighted by molar-refractivity contribution is 5.91. The minimum absolute atomic E-state index is 0.190. The van der Waals surface area contributed by atoms with Crippen molar-refractivity contribution in [2.45, 2.75) is 0 Å². The maximum absolute atomic E-state index is 10.9. The number of carbonyl (C=O) groups is 1. The number of aromatic nitrogens is 3. The van der Waals surface area contributed by atoms with E-state index in [9.17, 15) is 9.90 Å². The number of nitrogens with zero attached hydrogens (tertiary/aromatic N) is 4. The molecule has 0 amide bonds. The molecule has 1 aromatic carbocycles. The minimum Gasteiger partial charge on any atom is -0.507 e. The minimum atomic E-state index is -1.21. The summed E-state index contributed by atoms with van der Waals surface area (Å²) in [5.41, 5.74) is 1.77. The Morgan fingerprint density at radius 3 is 2.76 bits per heavy atom. The summed E-state index contributed by atoms with van der Waals surface area (Å²) in [6.45, 7) is 0. The molecule has 0 unspecified atom stereocenters. The van der Waals surface area contributed by atoms with Crippen LogP contribution in [0.15, 0.2) is 36.7 Å². The van der Waals surface area contributed by atoms with E-state index in [0.29, 0.717) is 22.5 Å². The third-order valence-corrected chi connectivity index (χ3v) is 3.03. The number of aromatic carboxylic acids is 1. The van der Waals surface area contributed by atoms with Gasteiger partial charge in [0.1, 0.15) is 17.6 Å². The van der Waals surface area contributed by atoms with Crippen molar-refractivity contribution in [3.63, 3.8) is 0 Å². The molecule has 0 aliphatic heterocycles. The number of benzene rings is 1. The van der Waals surface area contributed by atoms with Crippen molar-refractivity contribution in [1.29, 1.82) is 5.26 Å². The Labute approximate surface area is 118 Å². The average molecular weight is 280 g/mol. The van der Waals surface area contributed by atoms with Crippen LogP contribution in [0.4, 0.5) is 0 Å². The molecule has 0 saturated carbocycles. The van der Waals surface area contributed by atoms with Gasteiger partial charge in [-0.2, -0.15) is 10.4 Å². The topological polar surface area (TPSA) is 112 Å². The summed E-state index contributed by atoms with van der Waals surface area (Å²) in [7, 11) is 0. The lowest BCUT2D eigenvalue weighted by molar-refractivity contribution is 0.0694. The van der Waals surface area contributed by atoms with Crippen LogP contribution in [-0.2, 0) is 0 Å². The standard InChI is InChI=1S/C14H8N4O3/c15-6-8-3-11(18-13(4-8)16-7-17-18)9-1-2-10(14(20)21)12(19)5-9/h1-5,7,19H,(H,20,21). The van der Waals surface area contributed by atoms with Crippen LogP contribution < -0.4 is 0 Å². The van der Waals surface area contributed by atoms with Gasteiger partial charge in [-0.25, -0.2) is 14.3 Å². The molecule has 0 atom stereocenters. The zero-order chi connectivity index (χ0) is 15.0. The number of aromatic hydroxyl groups is 1. The van der Waals surface area contributed by atoms with Crippen LogP contribution in [0.25, 0.3) is 16.9 Å². The fourth-order valence-corrected chi connectivity index (χ4v) is 2.07. The Kier molecular flexibility index (Phi) is 2.77. The number of fused-ring (bicyclic) bond motifs is 1. The molecule has 3 rings (SSSR count). The van der Waals surface area contributed by atoms with E-state index in [1.807, 2.05) is 6.07 Å². The van der Waals surface area contributed by atoms with E-state index in [2.05, 4.69) is 10.1 Å². The Morgan fingerprint density at radius 1 is 1.29 bits per heavy atom. The molecule has 2 heterocycles. The first-order chi connectivity index (χ1) is 10.1. The number of hydrogen-bond donors (Lipinski definition) is 2. The molecule has 2 N–H and O–H groups in total. The van der Waals surface area contributed by atoms with Crippen LogP contribution in [0.1, 0.15) is 15.9 Å². The number of pyridine rings is 1. The highest BCUT2D eigenvalue weighted by atomic mass is 16.4. The number of carboxylic acid groups (broad SMARTS) is 1. The Morgan fingerprint density at radius 2 is 2.10 bits per heavy atom. The number of rotatable bonds is 2. The third-order valence-electron chi connectivity index (χ3n) is 3.03. The van der Waals surface area contributed by atoms with E-state index in [4.69, 9.17) is 10.4 Å². The summed E-state index contributed by atoms with van der Waals surface area (Å²) in [6.07, 6.45) is 1.35. The van der Waals surface area contributed by atoms with Crippen LogP contribution in [-0.4, -0.2) is 30.8 Å². The predicted molar refractivity (Wildman–Crippen MR) is 71.8 cm³/mol. The second-order valence-corrected chi connectivity index (χ2v) is 4.31. The third kappa shape index (κ3) is 2.04. The van der Waals surface area contributed by atoms with E-state index in [1.54, 1.807) is 18.2 Å². The summed E-state index contributed by atoms with van der Waals surface area (Å²) < 4.78 is 1.51.